The Hall–Kier alpha value is -3.60. The molecule has 0 saturated heterocycles. The number of urea groups is 1. The summed E-state index contributed by atoms with van der Waals surface area (Å²) in [7, 11) is 0. The van der Waals surface area contributed by atoms with Gasteiger partial charge in [0.2, 0.25) is 5.91 Å². The topological polar surface area (TPSA) is 70.2 Å². The third-order valence-corrected chi connectivity index (χ3v) is 4.74. The lowest BCUT2D eigenvalue weighted by Crippen LogP contribution is -2.44. The van der Waals surface area contributed by atoms with Crippen LogP contribution in [0, 0.1) is 13.8 Å². The highest BCUT2D eigenvalue weighted by Gasteiger charge is 2.18. The minimum atomic E-state index is -0.485. The largest absolute Gasteiger partial charge is 0.337 e. The summed E-state index contributed by atoms with van der Waals surface area (Å²) in [6.07, 6.45) is 0.220. The maximum absolute atomic E-state index is 12.5. The Bertz CT molecular complexity index is 932. The second-order valence-electron chi connectivity index (χ2n) is 7.02. The van der Waals surface area contributed by atoms with Crippen LogP contribution in [0.3, 0.4) is 0 Å². The molecule has 0 aliphatic carbocycles. The van der Waals surface area contributed by atoms with E-state index in [2.05, 4.69) is 16.2 Å². The van der Waals surface area contributed by atoms with Gasteiger partial charge in [0.15, 0.2) is 0 Å². The molecule has 3 aromatic rings. The summed E-state index contributed by atoms with van der Waals surface area (Å²) in [4.78, 5) is 24.7. The van der Waals surface area contributed by atoms with E-state index in [1.54, 1.807) is 0 Å². The second kappa shape index (κ2) is 9.55. The van der Waals surface area contributed by atoms with Crippen LogP contribution in [0.15, 0.2) is 78.9 Å². The van der Waals surface area contributed by atoms with Crippen LogP contribution in [-0.4, -0.2) is 11.9 Å². The van der Waals surface area contributed by atoms with E-state index in [0.29, 0.717) is 5.69 Å². The van der Waals surface area contributed by atoms with Crippen molar-refractivity contribution in [3.63, 3.8) is 0 Å². The standard InChI is InChI=1S/C24H25N3O2/c1-17-13-14-22(18(2)15-17)25-24(29)27-26-23(28)16-21(19-9-5-3-6-10-19)20-11-7-4-8-12-20/h3-15,21H,16H2,1-2H3,(H,26,28)(H2,25,27,29). The Balaban J connectivity index is 1.61. The summed E-state index contributed by atoms with van der Waals surface area (Å²) in [6, 6.07) is 25.0. The Labute approximate surface area is 171 Å². The van der Waals surface area contributed by atoms with E-state index in [9.17, 15) is 9.59 Å². The first kappa shape index (κ1) is 20.1. The first-order valence-electron chi connectivity index (χ1n) is 9.56. The number of amides is 3. The number of hydrogen-bond acceptors (Lipinski definition) is 2. The van der Waals surface area contributed by atoms with Crippen LogP contribution in [0.1, 0.15) is 34.6 Å². The predicted molar refractivity (Wildman–Crippen MR) is 116 cm³/mol. The van der Waals surface area contributed by atoms with Crippen LogP contribution < -0.4 is 16.2 Å². The lowest BCUT2D eigenvalue weighted by atomic mass is 9.88. The molecule has 3 aromatic carbocycles. The lowest BCUT2D eigenvalue weighted by Gasteiger charge is -2.18. The van der Waals surface area contributed by atoms with Crippen LogP contribution in [0.2, 0.25) is 0 Å². The van der Waals surface area contributed by atoms with Crippen molar-refractivity contribution >= 4 is 17.6 Å². The average Bonchev–Trinajstić information content (AvgIpc) is 2.74. The molecular formula is C24H25N3O2. The molecule has 3 N–H and O–H groups in total. The molecule has 0 aliphatic rings. The molecule has 0 spiro atoms. The second-order valence-corrected chi connectivity index (χ2v) is 7.02. The fourth-order valence-corrected chi connectivity index (χ4v) is 3.27. The molecule has 0 unspecified atom stereocenters. The molecule has 0 aromatic heterocycles. The molecule has 3 amide bonds. The molecule has 29 heavy (non-hydrogen) atoms. The van der Waals surface area contributed by atoms with Gasteiger partial charge in [0.05, 0.1) is 0 Å². The zero-order chi connectivity index (χ0) is 20.6. The van der Waals surface area contributed by atoms with E-state index in [0.717, 1.165) is 22.3 Å². The van der Waals surface area contributed by atoms with E-state index >= 15 is 0 Å². The summed E-state index contributed by atoms with van der Waals surface area (Å²) in [5, 5.41) is 2.74. The fourth-order valence-electron chi connectivity index (χ4n) is 3.27. The van der Waals surface area contributed by atoms with E-state index in [-0.39, 0.29) is 18.2 Å². The van der Waals surface area contributed by atoms with Gasteiger partial charge in [-0.15, -0.1) is 0 Å². The minimum absolute atomic E-state index is 0.0957. The first-order valence-corrected chi connectivity index (χ1v) is 9.56. The van der Waals surface area contributed by atoms with Gasteiger partial charge in [0, 0.05) is 18.0 Å². The smallest absolute Gasteiger partial charge is 0.306 e. The number of hydrazine groups is 1. The number of nitrogens with one attached hydrogen (secondary N) is 3. The summed E-state index contributed by atoms with van der Waals surface area (Å²) in [5.74, 6) is -0.361. The number of hydrogen-bond donors (Lipinski definition) is 3. The number of benzene rings is 3. The lowest BCUT2D eigenvalue weighted by molar-refractivity contribution is -0.122. The molecule has 5 heteroatoms. The predicted octanol–water partition coefficient (Wildman–Crippen LogP) is 4.68. The molecule has 0 saturated carbocycles. The molecule has 0 aliphatic heterocycles. The first-order chi connectivity index (χ1) is 14.0. The van der Waals surface area contributed by atoms with Crippen LogP contribution in [0.5, 0.6) is 0 Å². The van der Waals surface area contributed by atoms with Gasteiger partial charge >= 0.3 is 6.03 Å². The summed E-state index contributed by atoms with van der Waals surface area (Å²) in [5.41, 5.74) is 9.81. The Kier molecular flexibility index (Phi) is 6.63. The van der Waals surface area contributed by atoms with Crippen molar-refractivity contribution in [1.29, 1.82) is 0 Å². The average molecular weight is 387 g/mol. The maximum atomic E-state index is 12.5. The normalized spacial score (nSPS) is 10.4. The summed E-state index contributed by atoms with van der Waals surface area (Å²) < 4.78 is 0. The molecular weight excluding hydrogens is 362 g/mol. The molecule has 3 rings (SSSR count). The van der Waals surface area contributed by atoms with Crippen molar-refractivity contribution < 1.29 is 9.59 Å². The highest BCUT2D eigenvalue weighted by molar-refractivity contribution is 5.91. The van der Waals surface area contributed by atoms with Gasteiger partial charge in [-0.05, 0) is 36.6 Å². The van der Waals surface area contributed by atoms with Gasteiger partial charge in [-0.2, -0.15) is 0 Å². The Morgan fingerprint density at radius 3 is 1.93 bits per heavy atom. The van der Waals surface area contributed by atoms with Crippen molar-refractivity contribution in [1.82, 2.24) is 10.9 Å². The van der Waals surface area contributed by atoms with Crippen molar-refractivity contribution in [2.24, 2.45) is 0 Å². The van der Waals surface area contributed by atoms with Gasteiger partial charge in [0.25, 0.3) is 0 Å². The molecule has 5 nitrogen and oxygen atoms in total. The third-order valence-electron chi connectivity index (χ3n) is 4.74. The molecule has 148 valence electrons. The van der Waals surface area contributed by atoms with Crippen molar-refractivity contribution in [2.75, 3.05) is 5.32 Å². The van der Waals surface area contributed by atoms with Crippen LogP contribution >= 0.6 is 0 Å². The fraction of sp³-hybridized carbons (Fsp3) is 0.167. The summed E-state index contributed by atoms with van der Waals surface area (Å²) in [6.45, 7) is 3.92. The quantitative estimate of drug-likeness (QED) is 0.557. The molecule has 0 heterocycles. The Morgan fingerprint density at radius 1 is 0.793 bits per heavy atom. The number of rotatable bonds is 5. The number of carbonyl (C=O) groups is 2. The van der Waals surface area contributed by atoms with Crippen molar-refractivity contribution in [3.05, 3.63) is 101 Å². The van der Waals surface area contributed by atoms with Crippen LogP contribution in [-0.2, 0) is 4.79 Å². The maximum Gasteiger partial charge on any atom is 0.337 e. The van der Waals surface area contributed by atoms with Crippen LogP contribution in [0.4, 0.5) is 10.5 Å². The molecule has 0 bridgehead atoms. The van der Waals surface area contributed by atoms with Gasteiger partial charge in [-0.3, -0.25) is 10.2 Å². The monoisotopic (exact) mass is 387 g/mol. The van der Waals surface area contributed by atoms with Gasteiger partial charge in [-0.1, -0.05) is 78.4 Å². The van der Waals surface area contributed by atoms with Crippen LogP contribution in [0.25, 0.3) is 0 Å². The Morgan fingerprint density at radius 2 is 1.38 bits per heavy atom. The van der Waals surface area contributed by atoms with Gasteiger partial charge < -0.3 is 5.32 Å². The third kappa shape index (κ3) is 5.69. The number of anilines is 1. The van der Waals surface area contributed by atoms with Gasteiger partial charge in [0.1, 0.15) is 0 Å². The van der Waals surface area contributed by atoms with Gasteiger partial charge in [-0.25, -0.2) is 10.2 Å². The van der Waals surface area contributed by atoms with E-state index in [1.165, 1.54) is 0 Å². The molecule has 0 atom stereocenters. The number of aryl methyl sites for hydroxylation is 2. The SMILES string of the molecule is Cc1ccc(NC(=O)NNC(=O)CC(c2ccccc2)c2ccccc2)c(C)c1. The molecule has 0 fully saturated rings. The van der Waals surface area contributed by atoms with Crippen molar-refractivity contribution in [2.45, 2.75) is 26.2 Å². The zero-order valence-corrected chi connectivity index (χ0v) is 16.6. The molecule has 0 radical (unpaired) electrons. The van der Waals surface area contributed by atoms with E-state index in [4.69, 9.17) is 0 Å². The zero-order valence-electron chi connectivity index (χ0n) is 16.6. The highest BCUT2D eigenvalue weighted by Crippen LogP contribution is 2.27. The highest BCUT2D eigenvalue weighted by atomic mass is 16.2. The minimum Gasteiger partial charge on any atom is -0.306 e. The summed E-state index contributed by atoms with van der Waals surface area (Å²) >= 11 is 0. The van der Waals surface area contributed by atoms with Crippen molar-refractivity contribution in [3.8, 4) is 0 Å². The van der Waals surface area contributed by atoms with E-state index in [1.807, 2.05) is 92.7 Å². The van der Waals surface area contributed by atoms with E-state index < -0.39 is 6.03 Å². The number of carbonyl (C=O) groups excluding carboxylic acids is 2.